The van der Waals surface area contributed by atoms with Crippen molar-refractivity contribution < 1.29 is 18.3 Å². The van der Waals surface area contributed by atoms with E-state index in [0.29, 0.717) is 0 Å². The first-order valence-electron chi connectivity index (χ1n) is 4.34. The highest BCUT2D eigenvalue weighted by molar-refractivity contribution is 6.34. The molecule has 0 aromatic heterocycles. The molecule has 1 rings (SSSR count). The minimum absolute atomic E-state index is 0.0130. The first-order chi connectivity index (χ1) is 7.41. The van der Waals surface area contributed by atoms with Gasteiger partial charge in [0, 0.05) is 5.56 Å². The van der Waals surface area contributed by atoms with E-state index in [0.717, 1.165) is 6.07 Å². The average Bonchev–Trinajstić information content (AvgIpc) is 2.19. The number of carbonyl (C=O) groups is 1. The lowest BCUT2D eigenvalue weighted by Gasteiger charge is -2.09. The molecule has 6 heteroatoms. The van der Waals surface area contributed by atoms with Crippen molar-refractivity contribution in [3.8, 4) is 5.75 Å². The number of carbonyl (C=O) groups excluding carboxylic acids is 1. The first kappa shape index (κ1) is 13.2. The number of Topliss-reactive ketones (excluding diaryl/α,β-unsaturated/α-hetero) is 1. The molecule has 0 amide bonds. The van der Waals surface area contributed by atoms with Crippen molar-refractivity contribution in [3.05, 3.63) is 28.8 Å². The fraction of sp³-hybridized carbons (Fsp3) is 0.300. The molecule has 0 saturated heterocycles. The molecule has 0 heterocycles. The zero-order chi connectivity index (χ0) is 12.3. The molecule has 0 radical (unpaired) electrons. The standard InChI is InChI=1S/C10H8Cl2F2O2/c1-5(11)9(15)6-2-3-7(12)8(4-6)16-10(13)14/h2-5,10H,1H3. The molecule has 88 valence electrons. The number of ketones is 1. The summed E-state index contributed by atoms with van der Waals surface area (Å²) < 4.78 is 28.2. The quantitative estimate of drug-likeness (QED) is 0.614. The lowest BCUT2D eigenvalue weighted by Crippen LogP contribution is -2.11. The Morgan fingerprint density at radius 1 is 1.44 bits per heavy atom. The minimum Gasteiger partial charge on any atom is -0.433 e. The van der Waals surface area contributed by atoms with E-state index in [1.54, 1.807) is 0 Å². The van der Waals surface area contributed by atoms with Crippen LogP contribution >= 0.6 is 23.2 Å². The van der Waals surface area contributed by atoms with Crippen LogP contribution in [0, 0.1) is 0 Å². The molecule has 0 spiro atoms. The Labute approximate surface area is 101 Å². The van der Waals surface area contributed by atoms with Crippen molar-refractivity contribution >= 4 is 29.0 Å². The first-order valence-corrected chi connectivity index (χ1v) is 5.16. The van der Waals surface area contributed by atoms with E-state index >= 15 is 0 Å². The monoisotopic (exact) mass is 268 g/mol. The molecule has 2 nitrogen and oxygen atoms in total. The fourth-order valence-electron chi connectivity index (χ4n) is 1.07. The molecule has 0 saturated carbocycles. The summed E-state index contributed by atoms with van der Waals surface area (Å²) in [7, 11) is 0. The van der Waals surface area contributed by atoms with Crippen molar-refractivity contribution in [1.82, 2.24) is 0 Å². The van der Waals surface area contributed by atoms with Gasteiger partial charge in [0.1, 0.15) is 5.75 Å². The van der Waals surface area contributed by atoms with E-state index < -0.39 is 12.0 Å². The minimum atomic E-state index is -2.99. The summed E-state index contributed by atoms with van der Waals surface area (Å²) in [4.78, 5) is 11.5. The van der Waals surface area contributed by atoms with Crippen LogP contribution in [0.15, 0.2) is 18.2 Å². The summed E-state index contributed by atoms with van der Waals surface area (Å²) in [6, 6.07) is 3.86. The van der Waals surface area contributed by atoms with E-state index in [4.69, 9.17) is 23.2 Å². The van der Waals surface area contributed by atoms with Crippen molar-refractivity contribution in [2.75, 3.05) is 0 Å². The molecular formula is C10H8Cl2F2O2. The molecule has 0 N–H and O–H groups in total. The second kappa shape index (κ2) is 5.46. The SMILES string of the molecule is CC(Cl)C(=O)c1ccc(Cl)c(OC(F)F)c1. The van der Waals surface area contributed by atoms with E-state index in [1.807, 2.05) is 0 Å². The van der Waals surface area contributed by atoms with Crippen LogP contribution in [0.2, 0.25) is 5.02 Å². The Balaban J connectivity index is 3.02. The summed E-state index contributed by atoms with van der Waals surface area (Å²) in [5.74, 6) is -0.614. The molecule has 0 aliphatic rings. The van der Waals surface area contributed by atoms with Gasteiger partial charge in [0.15, 0.2) is 5.78 Å². The zero-order valence-electron chi connectivity index (χ0n) is 8.22. The highest BCUT2D eigenvalue weighted by Crippen LogP contribution is 2.27. The summed E-state index contributed by atoms with van der Waals surface area (Å²) in [5, 5.41) is -0.723. The molecule has 1 atom stereocenters. The Bertz CT molecular complexity index is 394. The number of halogens is 4. The van der Waals surface area contributed by atoms with Gasteiger partial charge >= 0.3 is 6.61 Å². The third kappa shape index (κ3) is 3.32. The molecule has 0 aliphatic carbocycles. The van der Waals surface area contributed by atoms with Gasteiger partial charge in [-0.1, -0.05) is 11.6 Å². The maximum Gasteiger partial charge on any atom is 0.387 e. The number of hydrogen-bond acceptors (Lipinski definition) is 2. The highest BCUT2D eigenvalue weighted by Gasteiger charge is 2.16. The lowest BCUT2D eigenvalue weighted by molar-refractivity contribution is -0.0498. The number of rotatable bonds is 4. The Morgan fingerprint density at radius 3 is 2.56 bits per heavy atom. The average molecular weight is 269 g/mol. The molecule has 1 unspecified atom stereocenters. The molecule has 0 bridgehead atoms. The van der Waals surface area contributed by atoms with Crippen molar-refractivity contribution in [2.45, 2.75) is 18.9 Å². The topological polar surface area (TPSA) is 26.3 Å². The van der Waals surface area contributed by atoms with Crippen LogP contribution in [0.4, 0.5) is 8.78 Å². The second-order valence-corrected chi connectivity index (χ2v) is 4.07. The summed E-state index contributed by atoms with van der Waals surface area (Å²) in [6.45, 7) is -1.50. The van der Waals surface area contributed by atoms with E-state index in [1.165, 1.54) is 19.1 Å². The third-order valence-electron chi connectivity index (χ3n) is 1.79. The van der Waals surface area contributed by atoms with Crippen LogP contribution in [0.3, 0.4) is 0 Å². The third-order valence-corrected chi connectivity index (χ3v) is 2.30. The van der Waals surface area contributed by atoms with Crippen LogP contribution in [0.25, 0.3) is 0 Å². The number of ether oxygens (including phenoxy) is 1. The van der Waals surface area contributed by atoms with Crippen molar-refractivity contribution in [2.24, 2.45) is 0 Å². The predicted octanol–water partition coefficient (Wildman–Crippen LogP) is 3.75. The maximum atomic E-state index is 12.0. The Hall–Kier alpha value is -0.870. The van der Waals surface area contributed by atoms with Gasteiger partial charge in [0.25, 0.3) is 0 Å². The lowest BCUT2D eigenvalue weighted by atomic mass is 10.1. The second-order valence-electron chi connectivity index (χ2n) is 3.00. The van der Waals surface area contributed by atoms with Crippen molar-refractivity contribution in [3.63, 3.8) is 0 Å². The molecule has 16 heavy (non-hydrogen) atoms. The van der Waals surface area contributed by atoms with Crippen LogP contribution in [0.1, 0.15) is 17.3 Å². The molecule has 0 aliphatic heterocycles. The van der Waals surface area contributed by atoms with Gasteiger partial charge in [0.2, 0.25) is 0 Å². The summed E-state index contributed by atoms with van der Waals surface area (Å²) >= 11 is 11.2. The number of hydrogen-bond donors (Lipinski definition) is 0. The fourth-order valence-corrected chi connectivity index (χ4v) is 1.36. The van der Waals surface area contributed by atoms with Gasteiger partial charge in [-0.25, -0.2) is 0 Å². The molecule has 0 fully saturated rings. The van der Waals surface area contributed by atoms with Crippen LogP contribution in [0.5, 0.6) is 5.75 Å². The van der Waals surface area contributed by atoms with Crippen LogP contribution in [-0.2, 0) is 0 Å². The van der Waals surface area contributed by atoms with Crippen LogP contribution < -0.4 is 4.74 Å². The van der Waals surface area contributed by atoms with Gasteiger partial charge in [0.05, 0.1) is 10.4 Å². The number of benzene rings is 1. The molecule has 1 aromatic carbocycles. The van der Waals surface area contributed by atoms with Gasteiger partial charge in [-0.3, -0.25) is 4.79 Å². The molecule has 1 aromatic rings. The van der Waals surface area contributed by atoms with E-state index in [2.05, 4.69) is 4.74 Å². The predicted molar refractivity (Wildman–Crippen MR) is 57.7 cm³/mol. The van der Waals surface area contributed by atoms with Crippen molar-refractivity contribution in [1.29, 1.82) is 0 Å². The molecular weight excluding hydrogens is 261 g/mol. The van der Waals surface area contributed by atoms with Gasteiger partial charge in [-0.2, -0.15) is 8.78 Å². The van der Waals surface area contributed by atoms with Gasteiger partial charge < -0.3 is 4.74 Å². The smallest absolute Gasteiger partial charge is 0.387 e. The maximum absolute atomic E-state index is 12.0. The van der Waals surface area contributed by atoms with Gasteiger partial charge in [-0.15, -0.1) is 11.6 Å². The number of alkyl halides is 3. The largest absolute Gasteiger partial charge is 0.433 e. The van der Waals surface area contributed by atoms with E-state index in [9.17, 15) is 13.6 Å². The highest BCUT2D eigenvalue weighted by atomic mass is 35.5. The van der Waals surface area contributed by atoms with Gasteiger partial charge in [-0.05, 0) is 25.1 Å². The summed E-state index contributed by atoms with van der Waals surface area (Å²) in [6.07, 6.45) is 0. The van der Waals surface area contributed by atoms with E-state index in [-0.39, 0.29) is 22.1 Å². The Morgan fingerprint density at radius 2 is 2.06 bits per heavy atom. The Kier molecular flexibility index (Phi) is 4.50. The van der Waals surface area contributed by atoms with Crippen LogP contribution in [-0.4, -0.2) is 17.8 Å². The normalized spacial score (nSPS) is 12.6. The summed E-state index contributed by atoms with van der Waals surface area (Å²) in [5.41, 5.74) is 0.183. The zero-order valence-corrected chi connectivity index (χ0v) is 9.73.